The van der Waals surface area contributed by atoms with Crippen LogP contribution in [0.25, 0.3) is 0 Å². The van der Waals surface area contributed by atoms with Crippen LogP contribution in [0.15, 0.2) is 42.5 Å². The fourth-order valence-electron chi connectivity index (χ4n) is 2.36. The van der Waals surface area contributed by atoms with Gasteiger partial charge in [0, 0.05) is 0 Å². The molecule has 22 heavy (non-hydrogen) atoms. The predicted molar refractivity (Wildman–Crippen MR) is 82.8 cm³/mol. The molecule has 0 saturated heterocycles. The maximum atomic E-state index is 13.7. The third kappa shape index (κ3) is 3.64. The number of aryl methyl sites for hydroxylation is 1. The summed E-state index contributed by atoms with van der Waals surface area (Å²) in [5.74, 6) is -1.50. The van der Waals surface area contributed by atoms with Crippen LogP contribution in [-0.4, -0.2) is 17.7 Å². The Morgan fingerprint density at radius 1 is 1.27 bits per heavy atom. The van der Waals surface area contributed by atoms with E-state index in [4.69, 9.17) is 4.74 Å². The Labute approximate surface area is 129 Å². The number of benzene rings is 2. The summed E-state index contributed by atoms with van der Waals surface area (Å²) < 4.78 is 19.3. The highest BCUT2D eigenvalue weighted by atomic mass is 19.1. The number of halogens is 1. The van der Waals surface area contributed by atoms with Gasteiger partial charge >= 0.3 is 5.97 Å². The summed E-state index contributed by atoms with van der Waals surface area (Å²) in [5.41, 5.74) is 1.77. The molecule has 0 saturated carbocycles. The van der Waals surface area contributed by atoms with Gasteiger partial charge in [-0.05, 0) is 49.1 Å². The minimum absolute atomic E-state index is 0.258. The third-order valence-corrected chi connectivity index (χ3v) is 3.59. The lowest BCUT2D eigenvalue weighted by atomic mass is 9.91. The molecular formula is C18H19FO3. The Kier molecular flexibility index (Phi) is 5.15. The molecule has 0 radical (unpaired) electrons. The van der Waals surface area contributed by atoms with Gasteiger partial charge in [0.1, 0.15) is 11.6 Å². The second-order valence-corrected chi connectivity index (χ2v) is 5.14. The van der Waals surface area contributed by atoms with E-state index in [1.165, 1.54) is 6.07 Å². The second-order valence-electron chi connectivity index (χ2n) is 5.14. The molecule has 0 aliphatic rings. The Hall–Kier alpha value is -2.36. The lowest BCUT2D eigenvalue weighted by Gasteiger charge is -2.16. The van der Waals surface area contributed by atoms with Gasteiger partial charge in [-0.1, -0.05) is 30.3 Å². The summed E-state index contributed by atoms with van der Waals surface area (Å²) in [4.78, 5) is 11.6. The zero-order valence-electron chi connectivity index (χ0n) is 12.7. The van der Waals surface area contributed by atoms with Crippen molar-refractivity contribution in [2.45, 2.75) is 26.2 Å². The van der Waals surface area contributed by atoms with Crippen molar-refractivity contribution in [1.82, 2.24) is 0 Å². The van der Waals surface area contributed by atoms with Crippen LogP contribution in [0.2, 0.25) is 0 Å². The molecule has 0 amide bonds. The average Bonchev–Trinajstić information content (AvgIpc) is 2.49. The molecule has 0 spiro atoms. The Balaban J connectivity index is 2.33. The van der Waals surface area contributed by atoms with Crippen molar-refractivity contribution in [2.75, 3.05) is 6.61 Å². The van der Waals surface area contributed by atoms with Crippen molar-refractivity contribution >= 4 is 5.97 Å². The smallest absolute Gasteiger partial charge is 0.311 e. The first-order valence-electron chi connectivity index (χ1n) is 7.22. The van der Waals surface area contributed by atoms with Crippen molar-refractivity contribution in [1.29, 1.82) is 0 Å². The molecule has 3 nitrogen and oxygen atoms in total. The SMILES string of the molecule is CCOc1ccccc1CC(C(=O)O)c1ccc(C)c(F)c1. The Morgan fingerprint density at radius 2 is 2.00 bits per heavy atom. The molecule has 2 rings (SSSR count). The summed E-state index contributed by atoms with van der Waals surface area (Å²) in [6.07, 6.45) is 0.258. The van der Waals surface area contributed by atoms with Gasteiger partial charge in [-0.25, -0.2) is 4.39 Å². The summed E-state index contributed by atoms with van der Waals surface area (Å²) in [6.45, 7) is 4.04. The molecular weight excluding hydrogens is 283 g/mol. The van der Waals surface area contributed by atoms with E-state index in [1.54, 1.807) is 19.1 Å². The summed E-state index contributed by atoms with van der Waals surface area (Å²) in [5, 5.41) is 9.51. The van der Waals surface area contributed by atoms with Crippen LogP contribution in [0.5, 0.6) is 5.75 Å². The van der Waals surface area contributed by atoms with Crippen LogP contribution < -0.4 is 4.74 Å². The van der Waals surface area contributed by atoms with E-state index in [0.717, 1.165) is 5.56 Å². The lowest BCUT2D eigenvalue weighted by Crippen LogP contribution is -2.15. The van der Waals surface area contributed by atoms with Crippen molar-refractivity contribution in [3.8, 4) is 5.75 Å². The van der Waals surface area contributed by atoms with Crippen LogP contribution in [0, 0.1) is 12.7 Å². The molecule has 1 N–H and O–H groups in total. The van der Waals surface area contributed by atoms with Gasteiger partial charge in [0.05, 0.1) is 12.5 Å². The van der Waals surface area contributed by atoms with Gasteiger partial charge in [-0.3, -0.25) is 4.79 Å². The molecule has 0 fully saturated rings. The quantitative estimate of drug-likeness (QED) is 0.879. The van der Waals surface area contributed by atoms with Gasteiger partial charge in [-0.2, -0.15) is 0 Å². The molecule has 116 valence electrons. The molecule has 0 aromatic heterocycles. The first-order valence-corrected chi connectivity index (χ1v) is 7.22. The molecule has 0 aliphatic heterocycles. The number of hydrogen-bond acceptors (Lipinski definition) is 2. The average molecular weight is 302 g/mol. The maximum Gasteiger partial charge on any atom is 0.311 e. The molecule has 1 unspecified atom stereocenters. The Morgan fingerprint density at radius 3 is 2.64 bits per heavy atom. The number of hydrogen-bond donors (Lipinski definition) is 1. The van der Waals surface area contributed by atoms with E-state index in [0.29, 0.717) is 23.5 Å². The number of carboxylic acid groups (broad SMARTS) is 1. The van der Waals surface area contributed by atoms with Gasteiger partial charge < -0.3 is 9.84 Å². The monoisotopic (exact) mass is 302 g/mol. The molecule has 1 atom stereocenters. The number of rotatable bonds is 6. The molecule has 0 aliphatic carbocycles. The van der Waals surface area contributed by atoms with Crippen LogP contribution in [0.4, 0.5) is 4.39 Å². The largest absolute Gasteiger partial charge is 0.494 e. The highest BCUT2D eigenvalue weighted by Crippen LogP contribution is 2.28. The van der Waals surface area contributed by atoms with Crippen LogP contribution in [0.1, 0.15) is 29.5 Å². The van der Waals surface area contributed by atoms with Crippen LogP contribution >= 0.6 is 0 Å². The highest BCUT2D eigenvalue weighted by Gasteiger charge is 2.22. The number of para-hydroxylation sites is 1. The van der Waals surface area contributed by atoms with Crippen molar-refractivity contribution in [3.63, 3.8) is 0 Å². The van der Waals surface area contributed by atoms with Gasteiger partial charge in [0.15, 0.2) is 0 Å². The predicted octanol–water partition coefficient (Wildman–Crippen LogP) is 3.94. The van der Waals surface area contributed by atoms with E-state index in [9.17, 15) is 14.3 Å². The minimum atomic E-state index is -0.977. The van der Waals surface area contributed by atoms with Crippen molar-refractivity contribution in [3.05, 3.63) is 65.0 Å². The molecule has 4 heteroatoms. The molecule has 2 aromatic carbocycles. The second kappa shape index (κ2) is 7.07. The number of ether oxygens (including phenoxy) is 1. The zero-order chi connectivity index (χ0) is 16.1. The van der Waals surface area contributed by atoms with Crippen molar-refractivity contribution in [2.24, 2.45) is 0 Å². The lowest BCUT2D eigenvalue weighted by molar-refractivity contribution is -0.138. The molecule has 2 aromatic rings. The van der Waals surface area contributed by atoms with Gasteiger partial charge in [0.2, 0.25) is 0 Å². The number of carbonyl (C=O) groups is 1. The van der Waals surface area contributed by atoms with E-state index in [1.807, 2.05) is 31.2 Å². The molecule has 0 heterocycles. The first kappa shape index (κ1) is 16.0. The highest BCUT2D eigenvalue weighted by molar-refractivity contribution is 5.76. The van der Waals surface area contributed by atoms with E-state index in [-0.39, 0.29) is 12.2 Å². The number of carboxylic acids is 1. The van der Waals surface area contributed by atoms with E-state index < -0.39 is 11.9 Å². The van der Waals surface area contributed by atoms with Gasteiger partial charge in [-0.15, -0.1) is 0 Å². The normalized spacial score (nSPS) is 12.0. The summed E-state index contributed by atoms with van der Waals surface area (Å²) >= 11 is 0. The third-order valence-electron chi connectivity index (χ3n) is 3.59. The van der Waals surface area contributed by atoms with Crippen LogP contribution in [-0.2, 0) is 11.2 Å². The maximum absolute atomic E-state index is 13.7. The zero-order valence-corrected chi connectivity index (χ0v) is 12.7. The van der Waals surface area contributed by atoms with Crippen molar-refractivity contribution < 1.29 is 19.0 Å². The fraction of sp³-hybridized carbons (Fsp3) is 0.278. The first-order chi connectivity index (χ1) is 10.5. The van der Waals surface area contributed by atoms with E-state index >= 15 is 0 Å². The van der Waals surface area contributed by atoms with E-state index in [2.05, 4.69) is 0 Å². The fourth-order valence-corrected chi connectivity index (χ4v) is 2.36. The van der Waals surface area contributed by atoms with Crippen LogP contribution in [0.3, 0.4) is 0 Å². The minimum Gasteiger partial charge on any atom is -0.494 e. The summed E-state index contributed by atoms with van der Waals surface area (Å²) in [7, 11) is 0. The standard InChI is InChI=1S/C18H19FO3/c1-3-22-17-7-5-4-6-14(17)10-15(18(20)21)13-9-8-12(2)16(19)11-13/h4-9,11,15H,3,10H2,1-2H3,(H,20,21). The molecule has 0 bridgehead atoms. The summed E-state index contributed by atoms with van der Waals surface area (Å²) in [6, 6.07) is 11.9. The topological polar surface area (TPSA) is 46.5 Å². The number of aliphatic carboxylic acids is 1. The van der Waals surface area contributed by atoms with Gasteiger partial charge in [0.25, 0.3) is 0 Å². The Bertz CT molecular complexity index is 667.